The van der Waals surface area contributed by atoms with E-state index in [9.17, 15) is 9.59 Å². The van der Waals surface area contributed by atoms with Crippen molar-refractivity contribution in [2.24, 2.45) is 5.92 Å². The lowest BCUT2D eigenvalue weighted by Gasteiger charge is -2.31. The van der Waals surface area contributed by atoms with Crippen LogP contribution in [0.15, 0.2) is 24.3 Å². The average Bonchev–Trinajstić information content (AvgIpc) is 2.46. The fraction of sp³-hybridized carbons (Fsp3) is 0.467. The van der Waals surface area contributed by atoms with Crippen LogP contribution in [0.1, 0.15) is 26.2 Å². The molecule has 2 rings (SSSR count). The Morgan fingerprint density at radius 3 is 2.95 bits per heavy atom. The van der Waals surface area contributed by atoms with Crippen LogP contribution in [0.4, 0.5) is 5.69 Å². The summed E-state index contributed by atoms with van der Waals surface area (Å²) >= 11 is 5.89. The molecule has 1 aromatic rings. The first-order chi connectivity index (χ1) is 9.60. The number of halogens is 1. The molecule has 0 aliphatic carbocycles. The minimum atomic E-state index is -0.141. The highest BCUT2D eigenvalue weighted by Crippen LogP contribution is 2.20. The van der Waals surface area contributed by atoms with E-state index in [2.05, 4.69) is 5.32 Å². The van der Waals surface area contributed by atoms with Gasteiger partial charge in [-0.25, -0.2) is 0 Å². The SMILES string of the molecule is CCC(=O)N1CCCC(C(=O)Nc2cccc(Cl)c2)C1. The van der Waals surface area contributed by atoms with Gasteiger partial charge < -0.3 is 10.2 Å². The average molecular weight is 295 g/mol. The van der Waals surface area contributed by atoms with E-state index in [0.717, 1.165) is 19.4 Å². The Morgan fingerprint density at radius 2 is 2.25 bits per heavy atom. The Morgan fingerprint density at radius 1 is 1.45 bits per heavy atom. The number of benzene rings is 1. The predicted molar refractivity (Wildman–Crippen MR) is 79.7 cm³/mol. The normalized spacial score (nSPS) is 18.7. The topological polar surface area (TPSA) is 49.4 Å². The highest BCUT2D eigenvalue weighted by Gasteiger charge is 2.27. The van der Waals surface area contributed by atoms with Crippen molar-refractivity contribution in [1.82, 2.24) is 4.90 Å². The van der Waals surface area contributed by atoms with Crippen LogP contribution in [0.3, 0.4) is 0 Å². The highest BCUT2D eigenvalue weighted by atomic mass is 35.5. The standard InChI is InChI=1S/C15H19ClN2O2/c1-2-14(19)18-8-4-5-11(10-18)15(20)17-13-7-3-6-12(16)9-13/h3,6-7,9,11H,2,4-5,8,10H2,1H3,(H,17,20). The van der Waals surface area contributed by atoms with Crippen molar-refractivity contribution in [2.75, 3.05) is 18.4 Å². The molecule has 1 atom stereocenters. The molecule has 0 saturated carbocycles. The van der Waals surface area contributed by atoms with Gasteiger partial charge in [-0.15, -0.1) is 0 Å². The summed E-state index contributed by atoms with van der Waals surface area (Å²) in [5.41, 5.74) is 0.696. The van der Waals surface area contributed by atoms with E-state index < -0.39 is 0 Å². The van der Waals surface area contributed by atoms with Crippen molar-refractivity contribution in [3.8, 4) is 0 Å². The van der Waals surface area contributed by atoms with Crippen molar-refractivity contribution in [3.63, 3.8) is 0 Å². The second-order valence-corrected chi connectivity index (χ2v) is 5.47. The van der Waals surface area contributed by atoms with Gasteiger partial charge in [-0.3, -0.25) is 9.59 Å². The maximum Gasteiger partial charge on any atom is 0.229 e. The fourth-order valence-corrected chi connectivity index (χ4v) is 2.64. The number of hydrogen-bond acceptors (Lipinski definition) is 2. The summed E-state index contributed by atoms with van der Waals surface area (Å²) in [7, 11) is 0. The first-order valence-electron chi connectivity index (χ1n) is 6.94. The molecule has 1 aliphatic rings. The summed E-state index contributed by atoms with van der Waals surface area (Å²) in [5, 5.41) is 3.46. The number of rotatable bonds is 3. The second kappa shape index (κ2) is 6.75. The summed E-state index contributed by atoms with van der Waals surface area (Å²) in [5.74, 6) is -0.0654. The van der Waals surface area contributed by atoms with Crippen molar-refractivity contribution >= 4 is 29.1 Å². The Bertz CT molecular complexity index is 504. The molecule has 1 aliphatic heterocycles. The van der Waals surface area contributed by atoms with Gasteiger partial charge in [0.2, 0.25) is 11.8 Å². The fourth-order valence-electron chi connectivity index (χ4n) is 2.45. The number of amides is 2. The second-order valence-electron chi connectivity index (χ2n) is 5.03. The summed E-state index contributed by atoms with van der Waals surface area (Å²) in [4.78, 5) is 25.7. The van der Waals surface area contributed by atoms with Crippen molar-refractivity contribution < 1.29 is 9.59 Å². The third-order valence-corrected chi connectivity index (χ3v) is 3.77. The zero-order chi connectivity index (χ0) is 14.5. The molecular formula is C15H19ClN2O2. The zero-order valence-electron chi connectivity index (χ0n) is 11.6. The quantitative estimate of drug-likeness (QED) is 0.932. The lowest BCUT2D eigenvalue weighted by Crippen LogP contribution is -2.43. The number of carbonyl (C=O) groups excluding carboxylic acids is 2. The lowest BCUT2D eigenvalue weighted by molar-refractivity contribution is -0.134. The van der Waals surface area contributed by atoms with Gasteiger partial charge in [0.15, 0.2) is 0 Å². The van der Waals surface area contributed by atoms with E-state index in [1.807, 2.05) is 13.0 Å². The number of nitrogens with zero attached hydrogens (tertiary/aromatic N) is 1. The molecule has 20 heavy (non-hydrogen) atoms. The van der Waals surface area contributed by atoms with E-state index in [4.69, 9.17) is 11.6 Å². The van der Waals surface area contributed by atoms with Crippen LogP contribution in [0.25, 0.3) is 0 Å². The zero-order valence-corrected chi connectivity index (χ0v) is 12.3. The lowest BCUT2D eigenvalue weighted by atomic mass is 9.96. The van der Waals surface area contributed by atoms with Crippen LogP contribution in [0, 0.1) is 5.92 Å². The van der Waals surface area contributed by atoms with Gasteiger partial charge >= 0.3 is 0 Å². The molecule has 0 spiro atoms. The Labute approximate surface area is 124 Å². The first-order valence-corrected chi connectivity index (χ1v) is 7.32. The van der Waals surface area contributed by atoms with Gasteiger partial charge in [-0.05, 0) is 31.0 Å². The van der Waals surface area contributed by atoms with Crippen LogP contribution in [0.5, 0.6) is 0 Å². The number of piperidine rings is 1. The first kappa shape index (κ1) is 14.9. The molecule has 1 heterocycles. The van der Waals surface area contributed by atoms with E-state index in [1.165, 1.54) is 0 Å². The smallest absolute Gasteiger partial charge is 0.229 e. The Kier molecular flexibility index (Phi) is 5.01. The molecular weight excluding hydrogens is 276 g/mol. The molecule has 0 bridgehead atoms. The van der Waals surface area contributed by atoms with Crippen LogP contribution in [-0.2, 0) is 9.59 Å². The number of likely N-dealkylation sites (tertiary alicyclic amines) is 1. The number of hydrogen-bond donors (Lipinski definition) is 1. The van der Waals surface area contributed by atoms with E-state index in [-0.39, 0.29) is 17.7 Å². The van der Waals surface area contributed by atoms with Crippen LogP contribution in [0.2, 0.25) is 5.02 Å². The summed E-state index contributed by atoms with van der Waals surface area (Å²) < 4.78 is 0. The van der Waals surface area contributed by atoms with Crippen LogP contribution >= 0.6 is 11.6 Å². The van der Waals surface area contributed by atoms with Crippen molar-refractivity contribution in [2.45, 2.75) is 26.2 Å². The number of anilines is 1. The number of carbonyl (C=O) groups is 2. The summed E-state index contributed by atoms with van der Waals surface area (Å²) in [6, 6.07) is 7.09. The van der Waals surface area contributed by atoms with Crippen molar-refractivity contribution in [1.29, 1.82) is 0 Å². The molecule has 2 amide bonds. The Balaban J connectivity index is 1.97. The Hall–Kier alpha value is -1.55. The molecule has 108 valence electrons. The highest BCUT2D eigenvalue weighted by molar-refractivity contribution is 6.30. The molecule has 0 radical (unpaired) electrons. The van der Waals surface area contributed by atoms with Gasteiger partial charge in [-0.1, -0.05) is 24.6 Å². The molecule has 5 heteroatoms. The maximum absolute atomic E-state index is 12.2. The number of nitrogens with one attached hydrogen (secondary N) is 1. The van der Waals surface area contributed by atoms with E-state index in [0.29, 0.717) is 23.7 Å². The van der Waals surface area contributed by atoms with Crippen molar-refractivity contribution in [3.05, 3.63) is 29.3 Å². The molecule has 4 nitrogen and oxygen atoms in total. The van der Waals surface area contributed by atoms with Crippen LogP contribution in [-0.4, -0.2) is 29.8 Å². The summed E-state index contributed by atoms with van der Waals surface area (Å²) in [6.45, 7) is 3.12. The molecule has 1 saturated heterocycles. The van der Waals surface area contributed by atoms with Gasteiger partial charge in [0.1, 0.15) is 0 Å². The van der Waals surface area contributed by atoms with Crippen LogP contribution < -0.4 is 5.32 Å². The molecule has 0 aromatic heterocycles. The third-order valence-electron chi connectivity index (χ3n) is 3.54. The van der Waals surface area contributed by atoms with E-state index in [1.54, 1.807) is 23.1 Å². The van der Waals surface area contributed by atoms with Gasteiger partial charge in [0, 0.05) is 30.2 Å². The largest absolute Gasteiger partial charge is 0.342 e. The molecule has 1 unspecified atom stereocenters. The maximum atomic E-state index is 12.2. The summed E-state index contributed by atoms with van der Waals surface area (Å²) in [6.07, 6.45) is 2.18. The third kappa shape index (κ3) is 3.73. The minimum absolute atomic E-state index is 0.0409. The molecule has 1 aromatic carbocycles. The minimum Gasteiger partial charge on any atom is -0.342 e. The monoisotopic (exact) mass is 294 g/mol. The van der Waals surface area contributed by atoms with Gasteiger partial charge in [0.05, 0.1) is 5.92 Å². The van der Waals surface area contributed by atoms with Gasteiger partial charge in [-0.2, -0.15) is 0 Å². The molecule has 1 fully saturated rings. The molecule has 1 N–H and O–H groups in total. The van der Waals surface area contributed by atoms with Gasteiger partial charge in [0.25, 0.3) is 0 Å². The van der Waals surface area contributed by atoms with E-state index >= 15 is 0 Å². The predicted octanol–water partition coefficient (Wildman–Crippen LogP) is 2.93.